The van der Waals surface area contributed by atoms with Crippen molar-refractivity contribution < 1.29 is 4.79 Å². The predicted molar refractivity (Wildman–Crippen MR) is 109 cm³/mol. The molecule has 1 saturated heterocycles. The molecule has 0 unspecified atom stereocenters. The van der Waals surface area contributed by atoms with Crippen LogP contribution in [0.1, 0.15) is 39.0 Å². The minimum atomic E-state index is 0.0855. The molecular weight excluding hydrogens is 324 g/mol. The summed E-state index contributed by atoms with van der Waals surface area (Å²) in [4.78, 5) is 19.5. The number of amides is 1. The molecule has 1 aromatic rings. The first-order valence-electron chi connectivity index (χ1n) is 10.2. The van der Waals surface area contributed by atoms with E-state index in [9.17, 15) is 4.79 Å². The first-order chi connectivity index (χ1) is 12.7. The summed E-state index contributed by atoms with van der Waals surface area (Å²) in [6.45, 7) is 8.24. The average Bonchev–Trinajstić information content (AvgIpc) is 2.69. The van der Waals surface area contributed by atoms with E-state index in [-0.39, 0.29) is 5.91 Å². The molecule has 2 fully saturated rings. The Kier molecular flexibility index (Phi) is 6.92. The van der Waals surface area contributed by atoms with Gasteiger partial charge in [0.2, 0.25) is 5.91 Å². The summed E-state index contributed by atoms with van der Waals surface area (Å²) in [5, 5.41) is 3.05. The van der Waals surface area contributed by atoms with E-state index in [0.29, 0.717) is 12.6 Å². The highest BCUT2D eigenvalue weighted by atomic mass is 16.2. The van der Waals surface area contributed by atoms with Crippen LogP contribution in [-0.4, -0.2) is 68.1 Å². The van der Waals surface area contributed by atoms with Crippen molar-refractivity contribution in [3.63, 3.8) is 0 Å². The zero-order chi connectivity index (χ0) is 18.4. The lowest BCUT2D eigenvalue weighted by molar-refractivity contribution is -0.117. The number of carbonyl (C=O) groups is 1. The normalized spacial score (nSPS) is 19.7. The number of piperazine rings is 1. The van der Waals surface area contributed by atoms with E-state index in [0.717, 1.165) is 38.4 Å². The first kappa shape index (κ1) is 19.2. The molecule has 1 aliphatic heterocycles. The maximum atomic E-state index is 12.4. The van der Waals surface area contributed by atoms with Gasteiger partial charge in [0.25, 0.3) is 0 Å². The summed E-state index contributed by atoms with van der Waals surface area (Å²) < 4.78 is 0. The van der Waals surface area contributed by atoms with E-state index >= 15 is 0 Å². The number of carbonyl (C=O) groups excluding carboxylic acids is 1. The second-order valence-corrected chi connectivity index (χ2v) is 7.72. The second kappa shape index (κ2) is 9.38. The van der Waals surface area contributed by atoms with Crippen LogP contribution in [0.2, 0.25) is 0 Å². The SMILES string of the molecule is CCN1CCN(c2ccc(NC(=O)CN(C)C3CCCCC3)cc2)CC1. The van der Waals surface area contributed by atoms with Crippen LogP contribution in [0.15, 0.2) is 24.3 Å². The Bertz CT molecular complexity index is 560. The van der Waals surface area contributed by atoms with E-state index in [1.807, 2.05) is 12.1 Å². The van der Waals surface area contributed by atoms with Crippen molar-refractivity contribution in [2.45, 2.75) is 45.1 Å². The number of rotatable bonds is 6. The maximum absolute atomic E-state index is 12.4. The van der Waals surface area contributed by atoms with Crippen molar-refractivity contribution in [1.82, 2.24) is 9.80 Å². The third-order valence-corrected chi connectivity index (χ3v) is 5.93. The highest BCUT2D eigenvalue weighted by Gasteiger charge is 2.20. The monoisotopic (exact) mass is 358 g/mol. The number of hydrogen-bond donors (Lipinski definition) is 1. The molecule has 1 heterocycles. The molecule has 144 valence electrons. The zero-order valence-electron chi connectivity index (χ0n) is 16.4. The third kappa shape index (κ3) is 5.21. The minimum absolute atomic E-state index is 0.0855. The van der Waals surface area contributed by atoms with Crippen LogP contribution >= 0.6 is 0 Å². The van der Waals surface area contributed by atoms with Gasteiger partial charge in [-0.3, -0.25) is 9.69 Å². The highest BCUT2D eigenvalue weighted by Crippen LogP contribution is 2.22. The van der Waals surface area contributed by atoms with Gasteiger partial charge in [-0.05, 0) is 50.7 Å². The first-order valence-corrected chi connectivity index (χ1v) is 10.2. The predicted octanol–water partition coefficient (Wildman–Crippen LogP) is 3.03. The molecule has 0 bridgehead atoms. The highest BCUT2D eigenvalue weighted by molar-refractivity contribution is 5.92. The van der Waals surface area contributed by atoms with Gasteiger partial charge in [0.05, 0.1) is 6.54 Å². The summed E-state index contributed by atoms with van der Waals surface area (Å²) in [5.74, 6) is 0.0855. The lowest BCUT2D eigenvalue weighted by Gasteiger charge is -2.35. The molecule has 1 aliphatic carbocycles. The van der Waals surface area contributed by atoms with Gasteiger partial charge < -0.3 is 15.1 Å². The van der Waals surface area contributed by atoms with Crippen molar-refractivity contribution >= 4 is 17.3 Å². The molecule has 5 heteroatoms. The van der Waals surface area contributed by atoms with Gasteiger partial charge in [-0.1, -0.05) is 26.2 Å². The molecule has 1 amide bonds. The van der Waals surface area contributed by atoms with Gasteiger partial charge in [-0.2, -0.15) is 0 Å². The molecule has 2 aliphatic rings. The Morgan fingerprint density at radius 1 is 1.08 bits per heavy atom. The van der Waals surface area contributed by atoms with E-state index in [1.54, 1.807) is 0 Å². The van der Waals surface area contributed by atoms with Crippen molar-refractivity contribution in [3.05, 3.63) is 24.3 Å². The van der Waals surface area contributed by atoms with E-state index in [4.69, 9.17) is 0 Å². The number of anilines is 2. The number of nitrogens with one attached hydrogen (secondary N) is 1. The van der Waals surface area contributed by atoms with Crippen LogP contribution < -0.4 is 10.2 Å². The quantitative estimate of drug-likeness (QED) is 0.848. The summed E-state index contributed by atoms with van der Waals surface area (Å²) in [6.07, 6.45) is 6.39. The third-order valence-electron chi connectivity index (χ3n) is 5.93. The van der Waals surface area contributed by atoms with Crippen LogP contribution in [0.5, 0.6) is 0 Å². The molecule has 3 rings (SSSR count). The Morgan fingerprint density at radius 2 is 1.73 bits per heavy atom. The standard InChI is InChI=1S/C21H34N4O/c1-3-24-13-15-25(16-14-24)20-11-9-18(10-12-20)22-21(26)17-23(2)19-7-5-4-6-8-19/h9-12,19H,3-8,13-17H2,1-2H3,(H,22,26). The van der Waals surface area contributed by atoms with Crippen LogP contribution in [0, 0.1) is 0 Å². The molecule has 1 aromatic carbocycles. The fourth-order valence-electron chi connectivity index (χ4n) is 4.16. The number of benzene rings is 1. The van der Waals surface area contributed by atoms with Crippen LogP contribution in [0.4, 0.5) is 11.4 Å². The number of nitrogens with zero attached hydrogens (tertiary/aromatic N) is 3. The summed E-state index contributed by atoms with van der Waals surface area (Å²) in [7, 11) is 2.08. The maximum Gasteiger partial charge on any atom is 0.238 e. The fraction of sp³-hybridized carbons (Fsp3) is 0.667. The molecule has 26 heavy (non-hydrogen) atoms. The number of likely N-dealkylation sites (N-methyl/N-ethyl adjacent to an activating group) is 2. The van der Waals surface area contributed by atoms with E-state index in [1.165, 1.54) is 37.8 Å². The van der Waals surface area contributed by atoms with Gasteiger partial charge in [-0.15, -0.1) is 0 Å². The summed E-state index contributed by atoms with van der Waals surface area (Å²) in [6, 6.07) is 8.88. The molecule has 5 nitrogen and oxygen atoms in total. The van der Waals surface area contributed by atoms with Crippen LogP contribution in [0.3, 0.4) is 0 Å². The molecule has 1 saturated carbocycles. The topological polar surface area (TPSA) is 38.8 Å². The molecule has 0 atom stereocenters. The smallest absolute Gasteiger partial charge is 0.238 e. The van der Waals surface area contributed by atoms with Crippen molar-refractivity contribution in [1.29, 1.82) is 0 Å². The van der Waals surface area contributed by atoms with Gasteiger partial charge in [-0.25, -0.2) is 0 Å². The molecule has 0 spiro atoms. The zero-order valence-corrected chi connectivity index (χ0v) is 16.4. The van der Waals surface area contributed by atoms with Gasteiger partial charge in [0.1, 0.15) is 0 Å². The van der Waals surface area contributed by atoms with E-state index in [2.05, 4.69) is 46.1 Å². The average molecular weight is 359 g/mol. The lowest BCUT2D eigenvalue weighted by atomic mass is 9.94. The Morgan fingerprint density at radius 3 is 2.35 bits per heavy atom. The second-order valence-electron chi connectivity index (χ2n) is 7.72. The Balaban J connectivity index is 1.47. The molecule has 1 N–H and O–H groups in total. The summed E-state index contributed by atoms with van der Waals surface area (Å²) >= 11 is 0. The van der Waals surface area contributed by atoms with Gasteiger partial charge >= 0.3 is 0 Å². The minimum Gasteiger partial charge on any atom is -0.369 e. The molecule has 0 aromatic heterocycles. The van der Waals surface area contributed by atoms with Crippen LogP contribution in [0.25, 0.3) is 0 Å². The Hall–Kier alpha value is -1.59. The van der Waals surface area contributed by atoms with Crippen molar-refractivity contribution in [2.24, 2.45) is 0 Å². The van der Waals surface area contributed by atoms with Gasteiger partial charge in [0.15, 0.2) is 0 Å². The number of hydrogen-bond acceptors (Lipinski definition) is 4. The van der Waals surface area contributed by atoms with Gasteiger partial charge in [0, 0.05) is 43.6 Å². The van der Waals surface area contributed by atoms with Crippen LogP contribution in [-0.2, 0) is 4.79 Å². The lowest BCUT2D eigenvalue weighted by Crippen LogP contribution is -2.46. The molecular formula is C21H34N4O. The molecule has 0 radical (unpaired) electrons. The Labute approximate surface area is 158 Å². The van der Waals surface area contributed by atoms with E-state index < -0.39 is 0 Å². The largest absolute Gasteiger partial charge is 0.369 e. The summed E-state index contributed by atoms with van der Waals surface area (Å²) in [5.41, 5.74) is 2.14. The fourth-order valence-corrected chi connectivity index (χ4v) is 4.16. The van der Waals surface area contributed by atoms with Crippen molar-refractivity contribution in [2.75, 3.05) is 56.5 Å². The van der Waals surface area contributed by atoms with Crippen molar-refractivity contribution in [3.8, 4) is 0 Å².